The van der Waals surface area contributed by atoms with Gasteiger partial charge in [-0.2, -0.15) is 0 Å². The highest BCUT2D eigenvalue weighted by Gasteiger charge is 2.23. The maximum Gasteiger partial charge on any atom is 0.250 e. The number of carbonyl (C=O) groups excluding carboxylic acids is 1. The van der Waals surface area contributed by atoms with Crippen molar-refractivity contribution in [3.63, 3.8) is 0 Å². The zero-order valence-electron chi connectivity index (χ0n) is 11.8. The highest BCUT2D eigenvalue weighted by Crippen LogP contribution is 2.20. The number of nitrogens with two attached hydrogens (primary N) is 1. The van der Waals surface area contributed by atoms with Crippen molar-refractivity contribution in [1.29, 1.82) is 0 Å². The minimum absolute atomic E-state index is 0.0678. The molecule has 8 heteroatoms. The molecule has 2 aliphatic rings. The van der Waals surface area contributed by atoms with Gasteiger partial charge in [-0.15, -0.1) is 0 Å². The minimum atomic E-state index is -0.967. The molecule has 1 atom stereocenters. The molecule has 0 aromatic heterocycles. The Balaban J connectivity index is 1.79. The van der Waals surface area contributed by atoms with E-state index in [4.69, 9.17) is 5.73 Å². The van der Waals surface area contributed by atoms with Gasteiger partial charge in [-0.25, -0.2) is 18.6 Å². The zero-order chi connectivity index (χ0) is 16.6. The molecule has 0 spiro atoms. The van der Waals surface area contributed by atoms with E-state index in [2.05, 4.69) is 10.7 Å². The molecule has 2 heterocycles. The van der Waals surface area contributed by atoms with Gasteiger partial charge < -0.3 is 11.1 Å². The van der Waals surface area contributed by atoms with Crippen LogP contribution in [0.5, 0.6) is 0 Å². The number of amides is 1. The summed E-state index contributed by atoms with van der Waals surface area (Å²) < 4.78 is 40.4. The molecule has 0 radical (unpaired) electrons. The molecule has 2 aliphatic heterocycles. The Morgan fingerprint density at radius 1 is 1.22 bits per heavy atom. The summed E-state index contributed by atoms with van der Waals surface area (Å²) in [6.45, 7) is 0. The van der Waals surface area contributed by atoms with Crippen LogP contribution in [0.15, 0.2) is 48.0 Å². The molecule has 0 aliphatic carbocycles. The molecule has 1 unspecified atom stereocenters. The quantitative estimate of drug-likeness (QED) is 0.781. The summed E-state index contributed by atoms with van der Waals surface area (Å²) in [5.74, 6) is -3.46. The van der Waals surface area contributed by atoms with Gasteiger partial charge in [-0.1, -0.05) is 0 Å². The van der Waals surface area contributed by atoms with Crippen LogP contribution in [0.4, 0.5) is 13.2 Å². The number of benzene rings is 1. The van der Waals surface area contributed by atoms with Crippen LogP contribution < -0.4 is 16.5 Å². The van der Waals surface area contributed by atoms with Crippen LogP contribution in [-0.2, 0) is 11.2 Å². The third-order valence-electron chi connectivity index (χ3n) is 3.51. The largest absolute Gasteiger partial charge is 0.372 e. The van der Waals surface area contributed by atoms with Crippen molar-refractivity contribution in [3.8, 4) is 0 Å². The van der Waals surface area contributed by atoms with Gasteiger partial charge in [0.25, 0.3) is 0 Å². The predicted molar refractivity (Wildman–Crippen MR) is 76.4 cm³/mol. The predicted octanol–water partition coefficient (Wildman–Crippen LogP) is 1.16. The number of rotatable bonds is 3. The number of nitrogens with zero attached hydrogens (tertiary/aromatic N) is 1. The fraction of sp³-hybridized carbons (Fsp3) is 0.133. The Hall–Kier alpha value is -2.74. The first-order valence-corrected chi connectivity index (χ1v) is 6.79. The van der Waals surface area contributed by atoms with E-state index in [1.165, 1.54) is 11.2 Å². The fourth-order valence-electron chi connectivity index (χ4n) is 2.35. The van der Waals surface area contributed by atoms with Crippen molar-refractivity contribution in [2.75, 3.05) is 0 Å². The summed E-state index contributed by atoms with van der Waals surface area (Å²) in [6.07, 6.45) is 5.72. The van der Waals surface area contributed by atoms with Crippen molar-refractivity contribution in [3.05, 3.63) is 71.0 Å². The number of hydrogen-bond acceptors (Lipinski definition) is 4. The van der Waals surface area contributed by atoms with Crippen LogP contribution in [-0.4, -0.2) is 17.1 Å². The SMILES string of the molecule is NC(=O)C1=CN2NC(Cc3c(F)cc(F)cc3F)NC=C2C=C1. The lowest BCUT2D eigenvalue weighted by molar-refractivity contribution is -0.114. The second kappa shape index (κ2) is 5.81. The Morgan fingerprint density at radius 2 is 1.91 bits per heavy atom. The van der Waals surface area contributed by atoms with E-state index in [0.29, 0.717) is 17.8 Å². The summed E-state index contributed by atoms with van der Waals surface area (Å²) in [6, 6.07) is 1.27. The molecular formula is C15H13F3N4O. The Bertz CT molecular complexity index is 734. The third-order valence-corrected chi connectivity index (χ3v) is 3.51. The van der Waals surface area contributed by atoms with E-state index in [-0.39, 0.29) is 17.6 Å². The number of nitrogens with one attached hydrogen (secondary N) is 2. The molecule has 1 aromatic carbocycles. The van der Waals surface area contributed by atoms with Crippen LogP contribution in [0.25, 0.3) is 0 Å². The van der Waals surface area contributed by atoms with Gasteiger partial charge in [-0.05, 0) is 12.2 Å². The van der Waals surface area contributed by atoms with Crippen LogP contribution in [0.2, 0.25) is 0 Å². The Kier molecular flexibility index (Phi) is 3.83. The monoisotopic (exact) mass is 322 g/mol. The molecule has 5 nitrogen and oxygen atoms in total. The Labute approximate surface area is 129 Å². The molecule has 4 N–H and O–H groups in total. The molecule has 120 valence electrons. The van der Waals surface area contributed by atoms with Crippen LogP contribution in [0.3, 0.4) is 0 Å². The first-order chi connectivity index (χ1) is 10.9. The number of hydrazine groups is 1. The second-order valence-corrected chi connectivity index (χ2v) is 5.12. The lowest BCUT2D eigenvalue weighted by Crippen LogP contribution is -2.53. The lowest BCUT2D eigenvalue weighted by Gasteiger charge is -2.35. The first kappa shape index (κ1) is 15.2. The first-order valence-electron chi connectivity index (χ1n) is 6.79. The number of carbonyl (C=O) groups is 1. The zero-order valence-corrected chi connectivity index (χ0v) is 11.8. The maximum atomic E-state index is 13.7. The normalized spacial score (nSPS) is 19.6. The van der Waals surface area contributed by atoms with E-state index < -0.39 is 29.5 Å². The lowest BCUT2D eigenvalue weighted by atomic mass is 10.1. The summed E-state index contributed by atoms with van der Waals surface area (Å²) >= 11 is 0. The summed E-state index contributed by atoms with van der Waals surface area (Å²) in [5, 5.41) is 4.47. The molecule has 0 saturated carbocycles. The van der Waals surface area contributed by atoms with Gasteiger partial charge in [0, 0.05) is 36.5 Å². The molecular weight excluding hydrogens is 309 g/mol. The van der Waals surface area contributed by atoms with Gasteiger partial charge in [0.2, 0.25) is 5.91 Å². The van der Waals surface area contributed by atoms with Crippen LogP contribution >= 0.6 is 0 Å². The highest BCUT2D eigenvalue weighted by atomic mass is 19.1. The third kappa shape index (κ3) is 3.07. The van der Waals surface area contributed by atoms with Crippen molar-refractivity contribution in [2.24, 2.45) is 5.73 Å². The van der Waals surface area contributed by atoms with Crippen LogP contribution in [0.1, 0.15) is 5.56 Å². The minimum Gasteiger partial charge on any atom is -0.372 e. The van der Waals surface area contributed by atoms with Crippen molar-refractivity contribution < 1.29 is 18.0 Å². The molecule has 23 heavy (non-hydrogen) atoms. The molecule has 0 fully saturated rings. The van der Waals surface area contributed by atoms with Gasteiger partial charge in [-0.3, -0.25) is 9.80 Å². The summed E-state index contributed by atoms with van der Waals surface area (Å²) in [5.41, 5.74) is 8.92. The fourth-order valence-corrected chi connectivity index (χ4v) is 2.35. The van der Waals surface area contributed by atoms with E-state index in [1.54, 1.807) is 18.4 Å². The van der Waals surface area contributed by atoms with E-state index in [0.717, 1.165) is 0 Å². The van der Waals surface area contributed by atoms with Crippen molar-refractivity contribution in [1.82, 2.24) is 15.8 Å². The average molecular weight is 322 g/mol. The number of allylic oxidation sites excluding steroid dienone is 1. The molecule has 3 rings (SSSR count). The van der Waals surface area contributed by atoms with Gasteiger partial charge in [0.15, 0.2) is 0 Å². The molecule has 0 bridgehead atoms. The van der Waals surface area contributed by atoms with E-state index in [1.807, 2.05) is 0 Å². The van der Waals surface area contributed by atoms with Gasteiger partial charge in [0.1, 0.15) is 17.5 Å². The maximum absolute atomic E-state index is 13.7. The van der Waals surface area contributed by atoms with E-state index >= 15 is 0 Å². The Morgan fingerprint density at radius 3 is 2.57 bits per heavy atom. The van der Waals surface area contributed by atoms with E-state index in [9.17, 15) is 18.0 Å². The second-order valence-electron chi connectivity index (χ2n) is 5.12. The molecule has 1 aromatic rings. The number of hydrogen-bond donors (Lipinski definition) is 3. The summed E-state index contributed by atoms with van der Waals surface area (Å²) in [4.78, 5) is 11.2. The summed E-state index contributed by atoms with van der Waals surface area (Å²) in [7, 11) is 0. The number of halogens is 3. The van der Waals surface area contributed by atoms with Gasteiger partial charge in [0.05, 0.1) is 17.4 Å². The molecule has 0 saturated heterocycles. The number of fused-ring (bicyclic) bond motifs is 1. The topological polar surface area (TPSA) is 70.4 Å². The molecule has 1 amide bonds. The smallest absolute Gasteiger partial charge is 0.250 e. The van der Waals surface area contributed by atoms with Crippen molar-refractivity contribution in [2.45, 2.75) is 12.6 Å². The average Bonchev–Trinajstić information content (AvgIpc) is 2.50. The number of primary amides is 1. The van der Waals surface area contributed by atoms with Gasteiger partial charge >= 0.3 is 0 Å². The van der Waals surface area contributed by atoms with Crippen LogP contribution in [0, 0.1) is 17.5 Å². The van der Waals surface area contributed by atoms with Crippen molar-refractivity contribution >= 4 is 5.91 Å². The highest BCUT2D eigenvalue weighted by molar-refractivity contribution is 5.95. The standard InChI is InChI=1S/C15H13F3N4O/c16-9-3-12(17)11(13(18)4-9)5-14-20-6-10-2-1-8(15(19)23)7-22(10)21-14/h1-4,6-7,14,20-21H,5H2,(H2,19,23).